The summed E-state index contributed by atoms with van der Waals surface area (Å²) in [5, 5.41) is 2.94. The number of nitrogens with one attached hydrogen (secondary N) is 2. The maximum absolute atomic E-state index is 12.3. The molecule has 2 aromatic heterocycles. The van der Waals surface area contributed by atoms with E-state index in [0.29, 0.717) is 30.2 Å². The molecule has 2 N–H and O–H groups in total. The van der Waals surface area contributed by atoms with E-state index in [1.807, 2.05) is 32.3 Å². The number of hydrogen-bond acceptors (Lipinski definition) is 6. The Hall–Kier alpha value is -2.29. The molecule has 2 aromatic rings. The van der Waals surface area contributed by atoms with Crippen LogP contribution in [-0.4, -0.2) is 50.3 Å². The van der Waals surface area contributed by atoms with Gasteiger partial charge >= 0.3 is 6.09 Å². The molecule has 27 heavy (non-hydrogen) atoms. The number of fused-ring (bicyclic) bond motifs is 1. The number of carbonyl (C=O) groups is 1. The van der Waals surface area contributed by atoms with E-state index < -0.39 is 11.7 Å². The minimum atomic E-state index is -0.541. The van der Waals surface area contributed by atoms with Gasteiger partial charge in [-0.15, -0.1) is 0 Å². The van der Waals surface area contributed by atoms with Crippen LogP contribution in [0.15, 0.2) is 4.79 Å². The first kappa shape index (κ1) is 19.5. The Bertz CT molecular complexity index is 900. The van der Waals surface area contributed by atoms with Crippen LogP contribution in [0.3, 0.4) is 0 Å². The van der Waals surface area contributed by atoms with Crippen molar-refractivity contribution in [3.05, 3.63) is 15.6 Å². The Labute approximate surface area is 162 Å². The predicted octanol–water partition coefficient (Wildman–Crippen LogP) is 2.29. The molecular weight excluding hydrogens is 372 g/mol. The molecule has 1 aliphatic rings. The van der Waals surface area contributed by atoms with Gasteiger partial charge in [0.2, 0.25) is 11.2 Å². The summed E-state index contributed by atoms with van der Waals surface area (Å²) in [4.78, 5) is 37.6. The molecule has 3 rings (SSSR count). The highest BCUT2D eigenvalue weighted by molar-refractivity contribution is 6.28. The van der Waals surface area contributed by atoms with E-state index in [1.54, 1.807) is 0 Å². The summed E-state index contributed by atoms with van der Waals surface area (Å²) in [5.41, 5.74) is -0.131. The van der Waals surface area contributed by atoms with Crippen LogP contribution in [0.5, 0.6) is 0 Å². The summed E-state index contributed by atoms with van der Waals surface area (Å²) in [6.45, 7) is 9.37. The molecule has 0 aliphatic carbocycles. The normalized spacial score (nSPS) is 18.0. The van der Waals surface area contributed by atoms with Gasteiger partial charge in [-0.1, -0.05) is 0 Å². The number of alkyl carbamates (subject to hydrolysis) is 1. The van der Waals surface area contributed by atoms with Gasteiger partial charge < -0.3 is 19.5 Å². The van der Waals surface area contributed by atoms with Gasteiger partial charge in [0, 0.05) is 25.7 Å². The van der Waals surface area contributed by atoms with Crippen molar-refractivity contribution in [2.24, 2.45) is 0 Å². The monoisotopic (exact) mass is 396 g/mol. The molecule has 10 heteroatoms. The quantitative estimate of drug-likeness (QED) is 0.771. The van der Waals surface area contributed by atoms with E-state index in [-0.39, 0.29) is 16.9 Å². The highest BCUT2D eigenvalue weighted by atomic mass is 35.5. The smallest absolute Gasteiger partial charge is 0.407 e. The summed E-state index contributed by atoms with van der Waals surface area (Å²) in [6, 6.07) is -0.0615. The van der Waals surface area contributed by atoms with Crippen molar-refractivity contribution in [3.63, 3.8) is 0 Å². The molecule has 0 spiro atoms. The summed E-state index contributed by atoms with van der Waals surface area (Å²) >= 11 is 5.86. The molecule has 0 aromatic carbocycles. The minimum Gasteiger partial charge on any atom is -0.444 e. The molecule has 0 bridgehead atoms. The van der Waals surface area contributed by atoms with Crippen LogP contribution < -0.4 is 15.8 Å². The van der Waals surface area contributed by atoms with E-state index in [0.717, 1.165) is 19.4 Å². The molecule has 9 nitrogen and oxygen atoms in total. The van der Waals surface area contributed by atoms with Crippen LogP contribution in [-0.2, 0) is 11.3 Å². The van der Waals surface area contributed by atoms with Crippen LogP contribution in [0.4, 0.5) is 10.7 Å². The van der Waals surface area contributed by atoms with Crippen molar-refractivity contribution in [3.8, 4) is 0 Å². The second-order valence-corrected chi connectivity index (χ2v) is 7.97. The molecule has 1 aliphatic heterocycles. The van der Waals surface area contributed by atoms with Crippen LogP contribution in [0.1, 0.15) is 40.5 Å². The van der Waals surface area contributed by atoms with Gasteiger partial charge in [-0.05, 0) is 52.1 Å². The minimum absolute atomic E-state index is 0.0166. The third kappa shape index (κ3) is 4.35. The van der Waals surface area contributed by atoms with Crippen molar-refractivity contribution in [1.82, 2.24) is 24.8 Å². The second-order valence-electron chi connectivity index (χ2n) is 7.62. The van der Waals surface area contributed by atoms with Crippen LogP contribution in [0.25, 0.3) is 11.2 Å². The first-order valence-electron chi connectivity index (χ1n) is 9.08. The van der Waals surface area contributed by atoms with Gasteiger partial charge in [-0.2, -0.15) is 9.97 Å². The van der Waals surface area contributed by atoms with Gasteiger partial charge in [0.05, 0.1) is 0 Å². The number of halogens is 1. The fraction of sp³-hybridized carbons (Fsp3) is 0.647. The second kappa shape index (κ2) is 7.38. The van der Waals surface area contributed by atoms with Gasteiger partial charge in [-0.25, -0.2) is 4.79 Å². The number of amides is 1. The van der Waals surface area contributed by atoms with Crippen LogP contribution in [0, 0.1) is 0 Å². The van der Waals surface area contributed by atoms with Crippen molar-refractivity contribution < 1.29 is 9.53 Å². The van der Waals surface area contributed by atoms with E-state index in [4.69, 9.17) is 16.3 Å². The lowest BCUT2D eigenvalue weighted by atomic mass is 10.1. The Kier molecular flexibility index (Phi) is 5.32. The maximum atomic E-state index is 12.3. The fourth-order valence-corrected chi connectivity index (χ4v) is 3.46. The number of aromatic nitrogens is 4. The van der Waals surface area contributed by atoms with Crippen LogP contribution in [0.2, 0.25) is 5.28 Å². The number of carbonyl (C=O) groups excluding carboxylic acids is 1. The lowest BCUT2D eigenvalue weighted by Gasteiger charge is -2.34. The van der Waals surface area contributed by atoms with Gasteiger partial charge in [0.15, 0.2) is 11.2 Å². The largest absolute Gasteiger partial charge is 0.444 e. The van der Waals surface area contributed by atoms with E-state index >= 15 is 0 Å². The number of imidazole rings is 1. The van der Waals surface area contributed by atoms with Crippen LogP contribution >= 0.6 is 11.6 Å². The number of nitrogens with zero attached hydrogens (tertiary/aromatic N) is 4. The standard InChI is InChI=1S/C17H25ClN6O3/c1-5-24-11-12(20-14(18)22-13(11)25)21-15(24)23-8-6-7-10(9-23)19-16(26)27-17(2,3)4/h10H,5-9H2,1-4H3,(H,19,26)(H,20,22,25). The summed E-state index contributed by atoms with van der Waals surface area (Å²) in [6.07, 6.45) is 1.31. The molecule has 0 saturated carbocycles. The Morgan fingerprint density at radius 1 is 1.41 bits per heavy atom. The summed E-state index contributed by atoms with van der Waals surface area (Å²) in [5.74, 6) is 0.656. The number of hydrogen-bond donors (Lipinski definition) is 2. The zero-order chi connectivity index (χ0) is 19.8. The average molecular weight is 397 g/mol. The van der Waals surface area contributed by atoms with Crippen molar-refractivity contribution in [2.45, 2.75) is 58.7 Å². The lowest BCUT2D eigenvalue weighted by molar-refractivity contribution is 0.0500. The SMILES string of the molecule is CCn1c(N2CCCC(NC(=O)OC(C)(C)C)C2)nc2nc(Cl)[nH]c(=O)c21. The Morgan fingerprint density at radius 2 is 2.15 bits per heavy atom. The van der Waals surface area contributed by atoms with Gasteiger partial charge in [0.1, 0.15) is 5.60 Å². The predicted molar refractivity (Wildman–Crippen MR) is 103 cm³/mol. The third-order valence-corrected chi connectivity index (χ3v) is 4.49. The number of anilines is 1. The average Bonchev–Trinajstić information content (AvgIpc) is 2.91. The van der Waals surface area contributed by atoms with Gasteiger partial charge in [0.25, 0.3) is 5.56 Å². The van der Waals surface area contributed by atoms with E-state index in [1.165, 1.54) is 0 Å². The highest BCUT2D eigenvalue weighted by Crippen LogP contribution is 2.23. The Morgan fingerprint density at radius 3 is 2.81 bits per heavy atom. The first-order chi connectivity index (χ1) is 12.7. The van der Waals surface area contributed by atoms with Gasteiger partial charge in [-0.3, -0.25) is 9.78 Å². The zero-order valence-electron chi connectivity index (χ0n) is 16.0. The number of rotatable bonds is 3. The number of piperidine rings is 1. The van der Waals surface area contributed by atoms with E-state index in [9.17, 15) is 9.59 Å². The Balaban J connectivity index is 1.83. The molecule has 148 valence electrons. The first-order valence-corrected chi connectivity index (χ1v) is 9.46. The van der Waals surface area contributed by atoms with Crippen molar-refractivity contribution in [1.29, 1.82) is 0 Å². The topological polar surface area (TPSA) is 105 Å². The van der Waals surface area contributed by atoms with E-state index in [2.05, 4.69) is 25.2 Å². The summed E-state index contributed by atoms with van der Waals surface area (Å²) in [7, 11) is 0. The molecule has 1 saturated heterocycles. The number of H-pyrrole nitrogens is 1. The fourth-order valence-electron chi connectivity index (χ4n) is 3.30. The molecule has 1 amide bonds. The van der Waals surface area contributed by atoms with Crippen molar-refractivity contribution >= 4 is 34.8 Å². The van der Waals surface area contributed by atoms with Crippen molar-refractivity contribution in [2.75, 3.05) is 18.0 Å². The number of aryl methyl sites for hydroxylation is 1. The maximum Gasteiger partial charge on any atom is 0.407 e. The highest BCUT2D eigenvalue weighted by Gasteiger charge is 2.27. The lowest BCUT2D eigenvalue weighted by Crippen LogP contribution is -2.49. The zero-order valence-corrected chi connectivity index (χ0v) is 16.8. The molecule has 1 fully saturated rings. The third-order valence-electron chi connectivity index (χ3n) is 4.31. The molecular formula is C17H25ClN6O3. The molecule has 1 atom stereocenters. The summed E-state index contributed by atoms with van der Waals surface area (Å²) < 4.78 is 7.17. The number of aromatic amines is 1. The molecule has 0 radical (unpaired) electrons. The molecule has 3 heterocycles. The number of ether oxygens (including phenoxy) is 1. The molecule has 1 unspecified atom stereocenters.